The van der Waals surface area contributed by atoms with Crippen LogP contribution in [0.15, 0.2) is 29.4 Å². The van der Waals surface area contributed by atoms with E-state index in [0.29, 0.717) is 5.16 Å². The molecular formula is C22H33N5O2S. The molecule has 2 heterocycles. The van der Waals surface area contributed by atoms with E-state index >= 15 is 0 Å². The molecule has 0 bridgehead atoms. The van der Waals surface area contributed by atoms with Crippen LogP contribution in [0, 0.1) is 0 Å². The first-order chi connectivity index (χ1) is 14.4. The number of ether oxygens (including phenoxy) is 1. The Morgan fingerprint density at radius 2 is 1.93 bits per heavy atom. The Morgan fingerprint density at radius 1 is 1.23 bits per heavy atom. The van der Waals surface area contributed by atoms with Gasteiger partial charge in [0.15, 0.2) is 5.16 Å². The van der Waals surface area contributed by atoms with E-state index < -0.39 is 0 Å². The van der Waals surface area contributed by atoms with E-state index in [2.05, 4.69) is 27.3 Å². The number of hydrogen-bond donors (Lipinski definition) is 1. The minimum atomic E-state index is -0.303. The third kappa shape index (κ3) is 5.09. The number of thioether (sulfide) groups is 1. The van der Waals surface area contributed by atoms with Crippen LogP contribution < -0.4 is 15.0 Å². The van der Waals surface area contributed by atoms with Crippen molar-refractivity contribution < 1.29 is 9.53 Å². The Hall–Kier alpha value is -2.22. The zero-order chi connectivity index (χ0) is 21.7. The first-order valence-electron chi connectivity index (χ1n) is 10.7. The summed E-state index contributed by atoms with van der Waals surface area (Å²) in [4.78, 5) is 15.1. The molecule has 1 unspecified atom stereocenters. The van der Waals surface area contributed by atoms with Crippen LogP contribution in [-0.4, -0.2) is 51.7 Å². The summed E-state index contributed by atoms with van der Waals surface area (Å²) in [5.74, 6) is 1.56. The van der Waals surface area contributed by atoms with Crippen molar-refractivity contribution in [2.75, 3.05) is 25.1 Å². The number of aromatic nitrogens is 3. The van der Waals surface area contributed by atoms with Crippen LogP contribution in [0.25, 0.3) is 5.69 Å². The van der Waals surface area contributed by atoms with E-state index in [4.69, 9.17) is 4.74 Å². The fraction of sp³-hybridized carbons (Fsp3) is 0.591. The van der Waals surface area contributed by atoms with Gasteiger partial charge in [-0.3, -0.25) is 9.36 Å². The van der Waals surface area contributed by atoms with Crippen LogP contribution in [0.2, 0.25) is 0 Å². The van der Waals surface area contributed by atoms with Crippen LogP contribution in [0.1, 0.15) is 53.4 Å². The standard InChI is InChI=1S/C22H33N5O2S/c1-6-22(3,4)23-19(28)16(2)30-21-25-24-20(26-14-10-7-11-15-26)27(21)17-12-8-9-13-18(17)29-5/h8-9,12-13,16H,6-7,10-11,14-15H2,1-5H3,(H,23,28). The minimum absolute atomic E-state index is 0.000879. The van der Waals surface area contributed by atoms with Gasteiger partial charge >= 0.3 is 0 Å². The largest absolute Gasteiger partial charge is 0.495 e. The first-order valence-corrected chi connectivity index (χ1v) is 11.6. The lowest BCUT2D eigenvalue weighted by atomic mass is 10.0. The summed E-state index contributed by atoms with van der Waals surface area (Å²) in [6.45, 7) is 9.97. The second-order valence-electron chi connectivity index (χ2n) is 8.32. The number of piperidine rings is 1. The molecule has 30 heavy (non-hydrogen) atoms. The quantitative estimate of drug-likeness (QED) is 0.636. The summed E-state index contributed by atoms with van der Waals surface area (Å²) in [5, 5.41) is 12.5. The fourth-order valence-electron chi connectivity index (χ4n) is 3.40. The van der Waals surface area contributed by atoms with Crippen LogP contribution >= 0.6 is 11.8 Å². The van der Waals surface area contributed by atoms with Crippen molar-refractivity contribution in [1.82, 2.24) is 20.1 Å². The number of nitrogens with one attached hydrogen (secondary N) is 1. The molecule has 1 fully saturated rings. The summed E-state index contributed by atoms with van der Waals surface area (Å²) in [7, 11) is 1.67. The number of para-hydroxylation sites is 2. The van der Waals surface area contributed by atoms with Gasteiger partial charge in [0.2, 0.25) is 11.9 Å². The lowest BCUT2D eigenvalue weighted by Gasteiger charge is -2.28. The Labute approximate surface area is 183 Å². The Balaban J connectivity index is 1.94. The molecule has 1 saturated heterocycles. The molecule has 3 rings (SSSR count). The molecule has 1 aromatic heterocycles. The van der Waals surface area contributed by atoms with Crippen LogP contribution in [-0.2, 0) is 4.79 Å². The molecule has 0 spiro atoms. The number of anilines is 1. The zero-order valence-corrected chi connectivity index (χ0v) is 19.5. The molecule has 1 atom stereocenters. The number of nitrogens with zero attached hydrogens (tertiary/aromatic N) is 4. The van der Waals surface area contributed by atoms with Gasteiger partial charge in [-0.2, -0.15) is 0 Å². The molecule has 2 aromatic rings. The molecule has 1 amide bonds. The van der Waals surface area contributed by atoms with E-state index in [1.807, 2.05) is 49.6 Å². The van der Waals surface area contributed by atoms with Gasteiger partial charge in [0.05, 0.1) is 18.0 Å². The van der Waals surface area contributed by atoms with Crippen molar-refractivity contribution in [3.63, 3.8) is 0 Å². The highest BCUT2D eigenvalue weighted by Crippen LogP contribution is 2.34. The monoisotopic (exact) mass is 431 g/mol. The average Bonchev–Trinajstić information content (AvgIpc) is 3.17. The Kier molecular flexibility index (Phi) is 7.28. The molecule has 1 N–H and O–H groups in total. The van der Waals surface area contributed by atoms with E-state index in [9.17, 15) is 4.79 Å². The normalized spacial score (nSPS) is 15.7. The van der Waals surface area contributed by atoms with E-state index in [-0.39, 0.29) is 16.7 Å². The maximum absolute atomic E-state index is 12.8. The number of hydrogen-bond acceptors (Lipinski definition) is 6. The van der Waals surface area contributed by atoms with Gasteiger partial charge < -0.3 is 15.0 Å². The van der Waals surface area contributed by atoms with Gasteiger partial charge in [-0.15, -0.1) is 10.2 Å². The number of amides is 1. The van der Waals surface area contributed by atoms with Crippen molar-refractivity contribution >= 4 is 23.6 Å². The van der Waals surface area contributed by atoms with Gasteiger partial charge in [-0.05, 0) is 58.6 Å². The number of carbonyl (C=O) groups is 1. The molecule has 164 valence electrons. The highest BCUT2D eigenvalue weighted by molar-refractivity contribution is 8.00. The van der Waals surface area contributed by atoms with Crippen molar-refractivity contribution in [3.05, 3.63) is 24.3 Å². The topological polar surface area (TPSA) is 72.3 Å². The molecule has 1 aliphatic rings. The van der Waals surface area contributed by atoms with Crippen molar-refractivity contribution in [2.24, 2.45) is 0 Å². The Morgan fingerprint density at radius 3 is 2.60 bits per heavy atom. The molecular weight excluding hydrogens is 398 g/mol. The molecule has 7 nitrogen and oxygen atoms in total. The van der Waals surface area contributed by atoms with E-state index in [1.54, 1.807) is 7.11 Å². The number of benzene rings is 1. The lowest BCUT2D eigenvalue weighted by molar-refractivity contribution is -0.121. The fourth-order valence-corrected chi connectivity index (χ4v) is 4.25. The highest BCUT2D eigenvalue weighted by Gasteiger charge is 2.27. The van der Waals surface area contributed by atoms with Crippen LogP contribution in [0.4, 0.5) is 5.95 Å². The van der Waals surface area contributed by atoms with Gasteiger partial charge in [-0.1, -0.05) is 30.8 Å². The maximum atomic E-state index is 12.8. The van der Waals surface area contributed by atoms with Crippen LogP contribution in [0.3, 0.4) is 0 Å². The first kappa shape index (κ1) is 22.5. The third-order valence-electron chi connectivity index (χ3n) is 5.58. The summed E-state index contributed by atoms with van der Waals surface area (Å²) in [6, 6.07) is 7.86. The molecule has 1 aromatic carbocycles. The number of methoxy groups -OCH3 is 1. The van der Waals surface area contributed by atoms with Gasteiger partial charge in [0.25, 0.3) is 0 Å². The predicted octanol–water partition coefficient (Wildman–Crippen LogP) is 4.05. The van der Waals surface area contributed by atoms with Gasteiger partial charge in [0, 0.05) is 18.6 Å². The van der Waals surface area contributed by atoms with E-state index in [1.165, 1.54) is 18.2 Å². The highest BCUT2D eigenvalue weighted by atomic mass is 32.2. The predicted molar refractivity (Wildman–Crippen MR) is 122 cm³/mol. The SMILES string of the molecule is CCC(C)(C)NC(=O)C(C)Sc1nnc(N2CCCCC2)n1-c1ccccc1OC. The maximum Gasteiger partial charge on any atom is 0.233 e. The summed E-state index contributed by atoms with van der Waals surface area (Å²) in [5.41, 5.74) is 0.649. The number of carbonyl (C=O) groups excluding carboxylic acids is 1. The average molecular weight is 432 g/mol. The van der Waals surface area contributed by atoms with Crippen molar-refractivity contribution in [2.45, 2.75) is 69.3 Å². The zero-order valence-electron chi connectivity index (χ0n) is 18.6. The molecule has 1 aliphatic heterocycles. The third-order valence-corrected chi connectivity index (χ3v) is 6.62. The minimum Gasteiger partial charge on any atom is -0.495 e. The molecule has 8 heteroatoms. The molecule has 0 saturated carbocycles. The molecule has 0 radical (unpaired) electrons. The second kappa shape index (κ2) is 9.73. The summed E-state index contributed by atoms with van der Waals surface area (Å²) in [6.07, 6.45) is 4.40. The lowest BCUT2D eigenvalue weighted by Crippen LogP contribution is -2.46. The van der Waals surface area contributed by atoms with Gasteiger partial charge in [-0.25, -0.2) is 0 Å². The summed E-state index contributed by atoms with van der Waals surface area (Å²) >= 11 is 1.42. The number of rotatable bonds is 8. The summed E-state index contributed by atoms with van der Waals surface area (Å²) < 4.78 is 7.65. The van der Waals surface area contributed by atoms with E-state index in [0.717, 1.165) is 49.7 Å². The van der Waals surface area contributed by atoms with Crippen molar-refractivity contribution in [3.8, 4) is 11.4 Å². The van der Waals surface area contributed by atoms with Crippen LogP contribution in [0.5, 0.6) is 5.75 Å². The smallest absolute Gasteiger partial charge is 0.233 e. The van der Waals surface area contributed by atoms with Crippen molar-refractivity contribution in [1.29, 1.82) is 0 Å². The molecule has 0 aliphatic carbocycles. The second-order valence-corrected chi connectivity index (χ2v) is 9.63. The Bertz CT molecular complexity index is 861. The van der Waals surface area contributed by atoms with Gasteiger partial charge in [0.1, 0.15) is 5.75 Å².